The lowest BCUT2D eigenvalue weighted by Crippen LogP contribution is -2.19. The molecule has 0 spiro atoms. The number of benzene rings is 2. The molecule has 0 bridgehead atoms. The fourth-order valence-corrected chi connectivity index (χ4v) is 2.93. The highest BCUT2D eigenvalue weighted by Gasteiger charge is 2.21. The van der Waals surface area contributed by atoms with E-state index in [0.29, 0.717) is 12.6 Å². The van der Waals surface area contributed by atoms with Crippen LogP contribution < -0.4 is 5.73 Å². The normalized spacial score (nSPS) is 13.0. The molecule has 1 aromatic heterocycles. The number of hydrogen-bond donors (Lipinski definition) is 1. The largest absolute Gasteiger partial charge is 0.329 e. The van der Waals surface area contributed by atoms with Gasteiger partial charge in [-0.15, -0.1) is 0 Å². The Morgan fingerprint density at radius 1 is 1.00 bits per heavy atom. The fourth-order valence-electron chi connectivity index (χ4n) is 2.93. The molecule has 0 fully saturated rings. The SMILES string of the molecule is CC(C)n1c(C(CN)c2ccccc2)nc2ccccc21. The minimum atomic E-state index is 0.126. The van der Waals surface area contributed by atoms with Crippen LogP contribution in [0.4, 0.5) is 0 Å². The first-order valence-corrected chi connectivity index (χ1v) is 7.44. The van der Waals surface area contributed by atoms with Crippen LogP contribution in [0, 0.1) is 0 Å². The summed E-state index contributed by atoms with van der Waals surface area (Å²) in [5.74, 6) is 1.18. The van der Waals surface area contributed by atoms with E-state index in [2.05, 4.69) is 60.9 Å². The smallest absolute Gasteiger partial charge is 0.118 e. The second-order valence-electron chi connectivity index (χ2n) is 5.62. The van der Waals surface area contributed by atoms with Crippen molar-refractivity contribution in [1.82, 2.24) is 9.55 Å². The number of fused-ring (bicyclic) bond motifs is 1. The van der Waals surface area contributed by atoms with E-state index in [9.17, 15) is 0 Å². The van der Waals surface area contributed by atoms with Crippen molar-refractivity contribution in [1.29, 1.82) is 0 Å². The monoisotopic (exact) mass is 279 g/mol. The molecule has 1 atom stereocenters. The quantitative estimate of drug-likeness (QED) is 0.791. The summed E-state index contributed by atoms with van der Waals surface area (Å²) in [5.41, 5.74) is 9.51. The molecular formula is C18H21N3. The van der Waals surface area contributed by atoms with Gasteiger partial charge in [-0.05, 0) is 31.5 Å². The molecule has 0 aliphatic carbocycles. The van der Waals surface area contributed by atoms with Crippen molar-refractivity contribution in [2.24, 2.45) is 5.73 Å². The Labute approximate surface area is 125 Å². The molecule has 3 nitrogen and oxygen atoms in total. The summed E-state index contributed by atoms with van der Waals surface area (Å²) >= 11 is 0. The Morgan fingerprint density at radius 3 is 2.33 bits per heavy atom. The highest BCUT2D eigenvalue weighted by Crippen LogP contribution is 2.29. The van der Waals surface area contributed by atoms with Crippen LogP contribution >= 0.6 is 0 Å². The van der Waals surface area contributed by atoms with Crippen LogP contribution in [0.15, 0.2) is 54.6 Å². The first-order valence-electron chi connectivity index (χ1n) is 7.44. The van der Waals surface area contributed by atoms with Gasteiger partial charge in [0.1, 0.15) is 5.82 Å². The van der Waals surface area contributed by atoms with Crippen LogP contribution in [0.3, 0.4) is 0 Å². The summed E-state index contributed by atoms with van der Waals surface area (Å²) in [4.78, 5) is 4.86. The Morgan fingerprint density at radius 2 is 1.67 bits per heavy atom. The molecule has 0 radical (unpaired) electrons. The summed E-state index contributed by atoms with van der Waals surface area (Å²) in [6, 6.07) is 19.0. The number of nitrogens with zero attached hydrogens (tertiary/aromatic N) is 2. The molecule has 2 aromatic carbocycles. The minimum absolute atomic E-state index is 0.126. The van der Waals surface area contributed by atoms with Crippen LogP contribution in [-0.4, -0.2) is 16.1 Å². The van der Waals surface area contributed by atoms with Crippen molar-refractivity contribution in [2.45, 2.75) is 25.8 Å². The Bertz CT molecular complexity index is 729. The molecule has 0 aliphatic heterocycles. The van der Waals surface area contributed by atoms with Crippen molar-refractivity contribution in [2.75, 3.05) is 6.54 Å². The average molecular weight is 279 g/mol. The van der Waals surface area contributed by atoms with Gasteiger partial charge >= 0.3 is 0 Å². The molecule has 3 rings (SSSR count). The van der Waals surface area contributed by atoms with Crippen molar-refractivity contribution in [3.8, 4) is 0 Å². The number of rotatable bonds is 4. The zero-order chi connectivity index (χ0) is 14.8. The Balaban J connectivity index is 2.20. The molecule has 1 heterocycles. The van der Waals surface area contributed by atoms with Gasteiger partial charge in [0, 0.05) is 12.6 Å². The predicted molar refractivity (Wildman–Crippen MR) is 87.5 cm³/mol. The van der Waals surface area contributed by atoms with E-state index in [1.165, 1.54) is 11.1 Å². The molecule has 0 saturated carbocycles. The fraction of sp³-hybridized carbons (Fsp3) is 0.278. The van der Waals surface area contributed by atoms with Crippen LogP contribution in [-0.2, 0) is 0 Å². The highest BCUT2D eigenvalue weighted by atomic mass is 15.1. The van der Waals surface area contributed by atoms with Crippen LogP contribution in [0.5, 0.6) is 0 Å². The maximum Gasteiger partial charge on any atom is 0.118 e. The van der Waals surface area contributed by atoms with Gasteiger partial charge in [0.15, 0.2) is 0 Å². The maximum atomic E-state index is 6.07. The predicted octanol–water partition coefficient (Wildman–Crippen LogP) is 3.71. The first-order chi connectivity index (χ1) is 10.2. The van der Waals surface area contributed by atoms with Gasteiger partial charge in [0.25, 0.3) is 0 Å². The third kappa shape index (κ3) is 2.45. The standard InChI is InChI=1S/C18H21N3/c1-13(2)21-17-11-7-6-10-16(17)20-18(21)15(12-19)14-8-4-3-5-9-14/h3-11,13,15H,12,19H2,1-2H3. The molecular weight excluding hydrogens is 258 g/mol. The second kappa shape index (κ2) is 5.70. The molecule has 0 aliphatic rings. The van der Waals surface area contributed by atoms with Crippen LogP contribution in [0.1, 0.15) is 37.2 Å². The molecule has 1 unspecified atom stereocenters. The molecule has 0 saturated heterocycles. The highest BCUT2D eigenvalue weighted by molar-refractivity contribution is 5.76. The van der Waals surface area contributed by atoms with Crippen molar-refractivity contribution in [3.05, 3.63) is 66.0 Å². The van der Waals surface area contributed by atoms with Crippen LogP contribution in [0.25, 0.3) is 11.0 Å². The summed E-state index contributed by atoms with van der Waals surface area (Å²) in [5, 5.41) is 0. The van der Waals surface area contributed by atoms with Gasteiger partial charge in [0.05, 0.1) is 17.0 Å². The molecule has 2 N–H and O–H groups in total. The lowest BCUT2D eigenvalue weighted by atomic mass is 9.98. The lowest BCUT2D eigenvalue weighted by molar-refractivity contribution is 0.564. The maximum absolute atomic E-state index is 6.07. The number of imidazole rings is 1. The summed E-state index contributed by atoms with van der Waals surface area (Å²) in [6.07, 6.45) is 0. The Kier molecular flexibility index (Phi) is 3.76. The average Bonchev–Trinajstić information content (AvgIpc) is 2.88. The molecule has 21 heavy (non-hydrogen) atoms. The summed E-state index contributed by atoms with van der Waals surface area (Å²) in [7, 11) is 0. The lowest BCUT2D eigenvalue weighted by Gasteiger charge is -2.20. The van der Waals surface area contributed by atoms with Gasteiger partial charge in [-0.25, -0.2) is 4.98 Å². The van der Waals surface area contributed by atoms with Gasteiger partial charge in [-0.2, -0.15) is 0 Å². The molecule has 0 amide bonds. The number of nitrogens with two attached hydrogens (primary N) is 1. The van der Waals surface area contributed by atoms with Crippen molar-refractivity contribution in [3.63, 3.8) is 0 Å². The number of aromatic nitrogens is 2. The molecule has 3 aromatic rings. The number of hydrogen-bond acceptors (Lipinski definition) is 2. The van der Waals surface area contributed by atoms with E-state index >= 15 is 0 Å². The zero-order valence-electron chi connectivity index (χ0n) is 12.5. The third-order valence-corrected chi connectivity index (χ3v) is 3.89. The summed E-state index contributed by atoms with van der Waals surface area (Å²) < 4.78 is 2.31. The van der Waals surface area contributed by atoms with E-state index in [0.717, 1.165) is 11.3 Å². The zero-order valence-corrected chi connectivity index (χ0v) is 12.5. The first kappa shape index (κ1) is 13.8. The molecule has 108 valence electrons. The van der Waals surface area contributed by atoms with Crippen molar-refractivity contribution >= 4 is 11.0 Å². The van der Waals surface area contributed by atoms with E-state index in [-0.39, 0.29) is 5.92 Å². The van der Waals surface area contributed by atoms with E-state index in [1.54, 1.807) is 0 Å². The number of para-hydroxylation sites is 2. The Hall–Kier alpha value is -2.13. The van der Waals surface area contributed by atoms with Gasteiger partial charge in [-0.3, -0.25) is 0 Å². The van der Waals surface area contributed by atoms with E-state index < -0.39 is 0 Å². The molecule has 3 heteroatoms. The van der Waals surface area contributed by atoms with Gasteiger partial charge in [0.2, 0.25) is 0 Å². The third-order valence-electron chi connectivity index (χ3n) is 3.89. The van der Waals surface area contributed by atoms with E-state index in [4.69, 9.17) is 10.7 Å². The summed E-state index contributed by atoms with van der Waals surface area (Å²) in [6.45, 7) is 4.94. The topological polar surface area (TPSA) is 43.8 Å². The van der Waals surface area contributed by atoms with Gasteiger partial charge in [-0.1, -0.05) is 42.5 Å². The van der Waals surface area contributed by atoms with E-state index in [1.807, 2.05) is 12.1 Å². The second-order valence-corrected chi connectivity index (χ2v) is 5.62. The van der Waals surface area contributed by atoms with Crippen molar-refractivity contribution < 1.29 is 0 Å². The van der Waals surface area contributed by atoms with Crippen LogP contribution in [0.2, 0.25) is 0 Å². The van der Waals surface area contributed by atoms with Gasteiger partial charge < -0.3 is 10.3 Å². The minimum Gasteiger partial charge on any atom is -0.329 e.